The number of nitrogens with zero attached hydrogens (tertiary/aromatic N) is 4. The van der Waals surface area contributed by atoms with Gasteiger partial charge in [-0.1, -0.05) is 12.1 Å². The van der Waals surface area contributed by atoms with Crippen molar-refractivity contribution in [2.24, 2.45) is 0 Å². The fourth-order valence-electron chi connectivity index (χ4n) is 4.46. The lowest BCUT2D eigenvalue weighted by molar-refractivity contribution is -0.192. The number of rotatable bonds is 4. The number of hydrogen-bond acceptors (Lipinski definition) is 5. The van der Waals surface area contributed by atoms with Crippen molar-refractivity contribution in [3.05, 3.63) is 63.1 Å². The smallest absolute Gasteiger partial charge is 0.475 e. The van der Waals surface area contributed by atoms with E-state index in [1.165, 1.54) is 12.1 Å². The van der Waals surface area contributed by atoms with Crippen LogP contribution in [0.5, 0.6) is 0 Å². The normalized spacial score (nSPS) is 17.1. The zero-order valence-corrected chi connectivity index (χ0v) is 20.0. The highest BCUT2D eigenvalue weighted by molar-refractivity contribution is 5.79. The minimum absolute atomic E-state index is 0.000180. The summed E-state index contributed by atoms with van der Waals surface area (Å²) in [5, 5.41) is 7.12. The average molecular weight is 513 g/mol. The fourth-order valence-corrected chi connectivity index (χ4v) is 4.46. The number of carboxylic acid groups (broad SMARTS) is 1. The van der Waals surface area contributed by atoms with E-state index in [0.29, 0.717) is 24.1 Å². The van der Waals surface area contributed by atoms with Gasteiger partial charge in [-0.3, -0.25) is 14.2 Å². The zero-order valence-electron chi connectivity index (χ0n) is 20.0. The maximum Gasteiger partial charge on any atom is 0.490 e. The molecule has 0 bridgehead atoms. The van der Waals surface area contributed by atoms with Crippen molar-refractivity contribution in [2.45, 2.75) is 50.9 Å². The van der Waals surface area contributed by atoms with Crippen LogP contribution in [-0.2, 0) is 35.4 Å². The number of carbonyl (C=O) groups is 2. The number of aryl methyl sites for hydroxylation is 1. The summed E-state index contributed by atoms with van der Waals surface area (Å²) in [6.45, 7) is 1.62. The van der Waals surface area contributed by atoms with Crippen LogP contribution >= 0.6 is 0 Å². The van der Waals surface area contributed by atoms with E-state index >= 15 is 0 Å². The molecule has 1 unspecified atom stereocenters. The lowest BCUT2D eigenvalue weighted by Gasteiger charge is -2.33. The Morgan fingerprint density at radius 3 is 2.53 bits per heavy atom. The van der Waals surface area contributed by atoms with Crippen LogP contribution in [0.15, 0.2) is 29.1 Å². The Labute approximate surface area is 205 Å². The van der Waals surface area contributed by atoms with E-state index in [1.807, 2.05) is 18.7 Å². The number of hydrogen-bond donors (Lipinski definition) is 1. The van der Waals surface area contributed by atoms with Gasteiger partial charge in [0.1, 0.15) is 11.6 Å². The maximum atomic E-state index is 13.4. The standard InChI is InChI=1S/C22H27FN4O2.C2HF3O2/c1-25(2)13-17-7-4-8-20-24-19-9-10-26(14-18(19)22(29)27(17)20)21(28)12-15-5-3-6-16(23)11-15;3-2(4,5)1(6)7/h3,5-6,11,17H,4,7-10,12-14H2,1-2H3;(H,6,7). The van der Waals surface area contributed by atoms with E-state index in [0.717, 1.165) is 37.3 Å². The molecule has 1 aromatic heterocycles. The topological polar surface area (TPSA) is 95.7 Å². The summed E-state index contributed by atoms with van der Waals surface area (Å²) in [6.07, 6.45) is -1.52. The third-order valence-corrected chi connectivity index (χ3v) is 6.05. The Hall–Kier alpha value is -3.28. The van der Waals surface area contributed by atoms with Crippen molar-refractivity contribution < 1.29 is 32.3 Å². The van der Waals surface area contributed by atoms with Crippen LogP contribution < -0.4 is 5.56 Å². The van der Waals surface area contributed by atoms with Crippen molar-refractivity contribution in [3.8, 4) is 0 Å². The Kier molecular flexibility index (Phi) is 8.49. The number of carboxylic acids is 1. The van der Waals surface area contributed by atoms with Gasteiger partial charge in [-0.05, 0) is 44.6 Å². The van der Waals surface area contributed by atoms with Crippen molar-refractivity contribution in [1.82, 2.24) is 19.4 Å². The second-order valence-corrected chi connectivity index (χ2v) is 9.11. The van der Waals surface area contributed by atoms with Crippen molar-refractivity contribution in [3.63, 3.8) is 0 Å². The summed E-state index contributed by atoms with van der Waals surface area (Å²) in [6, 6.07) is 6.23. The number of fused-ring (bicyclic) bond motifs is 2. The molecule has 2 aliphatic rings. The van der Waals surface area contributed by atoms with Crippen molar-refractivity contribution in [1.29, 1.82) is 0 Å². The summed E-state index contributed by atoms with van der Waals surface area (Å²) in [7, 11) is 4.02. The monoisotopic (exact) mass is 512 g/mol. The average Bonchev–Trinajstić information content (AvgIpc) is 2.78. The zero-order chi connectivity index (χ0) is 26.6. The third-order valence-electron chi connectivity index (χ3n) is 6.05. The molecule has 4 rings (SSSR count). The molecule has 3 heterocycles. The molecule has 8 nitrogen and oxygen atoms in total. The van der Waals surface area contributed by atoms with E-state index in [-0.39, 0.29) is 36.3 Å². The predicted molar refractivity (Wildman–Crippen MR) is 122 cm³/mol. The quantitative estimate of drug-likeness (QED) is 0.633. The van der Waals surface area contributed by atoms with Gasteiger partial charge >= 0.3 is 12.1 Å². The molecule has 0 spiro atoms. The minimum Gasteiger partial charge on any atom is -0.475 e. The van der Waals surface area contributed by atoms with Crippen LogP contribution in [0.1, 0.15) is 41.5 Å². The van der Waals surface area contributed by atoms with Crippen LogP contribution in [0.3, 0.4) is 0 Å². The highest BCUT2D eigenvalue weighted by Crippen LogP contribution is 2.25. The maximum absolute atomic E-state index is 13.4. The first-order chi connectivity index (χ1) is 16.9. The number of amides is 1. The fraction of sp³-hybridized carbons (Fsp3) is 0.500. The van der Waals surface area contributed by atoms with Gasteiger partial charge in [0.05, 0.1) is 30.3 Å². The largest absolute Gasteiger partial charge is 0.490 e. The molecule has 0 aliphatic carbocycles. The molecule has 196 valence electrons. The number of likely N-dealkylation sites (N-methyl/N-ethyl adjacent to an activating group) is 1. The van der Waals surface area contributed by atoms with Gasteiger partial charge < -0.3 is 14.9 Å². The lowest BCUT2D eigenvalue weighted by atomic mass is 10.00. The Bertz CT molecular complexity index is 1180. The van der Waals surface area contributed by atoms with Gasteiger partial charge in [-0.25, -0.2) is 14.2 Å². The molecular weight excluding hydrogens is 484 g/mol. The van der Waals surface area contributed by atoms with Crippen LogP contribution in [0.2, 0.25) is 0 Å². The third kappa shape index (κ3) is 6.68. The Morgan fingerprint density at radius 2 is 1.92 bits per heavy atom. The van der Waals surface area contributed by atoms with Gasteiger partial charge in [-0.2, -0.15) is 13.2 Å². The van der Waals surface area contributed by atoms with Crippen molar-refractivity contribution >= 4 is 11.9 Å². The number of aromatic nitrogens is 2. The van der Waals surface area contributed by atoms with Crippen LogP contribution in [0.25, 0.3) is 0 Å². The summed E-state index contributed by atoms with van der Waals surface area (Å²) in [4.78, 5) is 43.6. The Morgan fingerprint density at radius 1 is 1.22 bits per heavy atom. The lowest BCUT2D eigenvalue weighted by Crippen LogP contribution is -2.45. The predicted octanol–water partition coefficient (Wildman–Crippen LogP) is 2.58. The van der Waals surface area contributed by atoms with E-state index < -0.39 is 12.1 Å². The first kappa shape index (κ1) is 27.3. The van der Waals surface area contributed by atoms with Crippen LogP contribution in [-0.4, -0.2) is 69.7 Å². The van der Waals surface area contributed by atoms with E-state index in [9.17, 15) is 27.2 Å². The number of halogens is 4. The van der Waals surface area contributed by atoms with Crippen LogP contribution in [0, 0.1) is 5.82 Å². The highest BCUT2D eigenvalue weighted by atomic mass is 19.4. The second kappa shape index (κ2) is 11.2. The second-order valence-electron chi connectivity index (χ2n) is 9.11. The van der Waals surface area contributed by atoms with Gasteiger partial charge in [0, 0.05) is 25.9 Å². The first-order valence-electron chi connectivity index (χ1n) is 11.5. The van der Waals surface area contributed by atoms with Gasteiger partial charge in [0.25, 0.3) is 5.56 Å². The molecule has 2 aliphatic heterocycles. The number of benzene rings is 1. The molecular formula is C24H28F4N4O4. The van der Waals surface area contributed by atoms with E-state index in [1.54, 1.807) is 17.0 Å². The van der Waals surface area contributed by atoms with E-state index in [2.05, 4.69) is 4.90 Å². The summed E-state index contributed by atoms with van der Waals surface area (Å²) >= 11 is 0. The number of alkyl halides is 3. The molecule has 0 saturated carbocycles. The molecule has 1 atom stereocenters. The Balaban J connectivity index is 0.000000454. The van der Waals surface area contributed by atoms with E-state index in [4.69, 9.17) is 14.9 Å². The number of carbonyl (C=O) groups excluding carboxylic acids is 1. The molecule has 12 heteroatoms. The summed E-state index contributed by atoms with van der Waals surface area (Å²) < 4.78 is 47.0. The molecule has 2 aromatic rings. The molecule has 0 radical (unpaired) electrons. The summed E-state index contributed by atoms with van der Waals surface area (Å²) in [5.41, 5.74) is 2.12. The summed E-state index contributed by atoms with van der Waals surface area (Å²) in [5.74, 6) is -2.31. The van der Waals surface area contributed by atoms with Gasteiger partial charge in [0.15, 0.2) is 0 Å². The first-order valence-corrected chi connectivity index (χ1v) is 11.5. The molecule has 0 saturated heterocycles. The van der Waals surface area contributed by atoms with Gasteiger partial charge in [-0.15, -0.1) is 0 Å². The SMILES string of the molecule is CN(C)CC1CCCc2nc3c(c(=O)n21)CN(C(=O)Cc1cccc(F)c1)CC3.O=C(O)C(F)(F)F. The van der Waals surface area contributed by atoms with Crippen LogP contribution in [0.4, 0.5) is 17.6 Å². The van der Waals surface area contributed by atoms with Crippen molar-refractivity contribution in [2.75, 3.05) is 27.2 Å². The minimum atomic E-state index is -5.08. The highest BCUT2D eigenvalue weighted by Gasteiger charge is 2.38. The molecule has 1 aromatic carbocycles. The number of aliphatic carboxylic acids is 1. The molecule has 0 fully saturated rings. The molecule has 36 heavy (non-hydrogen) atoms. The van der Waals surface area contributed by atoms with Gasteiger partial charge in [0.2, 0.25) is 5.91 Å². The molecule has 1 N–H and O–H groups in total. The molecule has 1 amide bonds.